The molecule has 1 atom stereocenters. The van der Waals surface area contributed by atoms with E-state index in [0.717, 1.165) is 38.3 Å². The first kappa shape index (κ1) is 12.1. The zero-order valence-electron chi connectivity index (χ0n) is 10.1. The Hall–Kier alpha value is -1.40. The number of nitrogens with two attached hydrogens (primary N) is 1. The van der Waals surface area contributed by atoms with Crippen LogP contribution in [-0.4, -0.2) is 46.8 Å². The van der Waals surface area contributed by atoms with E-state index in [4.69, 9.17) is 5.73 Å². The highest BCUT2D eigenvalue weighted by molar-refractivity contribution is 5.81. The van der Waals surface area contributed by atoms with Crippen LogP contribution >= 0.6 is 0 Å². The Labute approximate surface area is 101 Å². The fourth-order valence-electron chi connectivity index (χ4n) is 2.19. The quantitative estimate of drug-likeness (QED) is 0.728. The normalized spacial score (nSPS) is 19.1. The van der Waals surface area contributed by atoms with Crippen molar-refractivity contribution in [2.45, 2.75) is 19.5 Å². The molecule has 6 nitrogen and oxygen atoms in total. The highest BCUT2D eigenvalue weighted by atomic mass is 16.1. The maximum Gasteiger partial charge on any atom is 0.239 e. The Morgan fingerprint density at radius 1 is 1.59 bits per heavy atom. The number of amides is 1. The van der Waals surface area contributed by atoms with Crippen LogP contribution in [0.1, 0.15) is 18.5 Å². The van der Waals surface area contributed by atoms with E-state index in [2.05, 4.69) is 15.3 Å². The molecule has 3 N–H and O–H groups in total. The number of aromatic nitrogens is 2. The summed E-state index contributed by atoms with van der Waals surface area (Å²) >= 11 is 0. The number of primary amides is 1. The van der Waals surface area contributed by atoms with Gasteiger partial charge in [-0.15, -0.1) is 0 Å². The first-order chi connectivity index (χ1) is 8.22. The molecule has 0 bridgehead atoms. The third-order valence-electron chi connectivity index (χ3n) is 3.08. The molecule has 2 heterocycles. The Morgan fingerprint density at radius 3 is 2.82 bits per heavy atom. The molecule has 17 heavy (non-hydrogen) atoms. The van der Waals surface area contributed by atoms with E-state index in [1.807, 2.05) is 17.8 Å². The predicted molar refractivity (Wildman–Crippen MR) is 64.3 cm³/mol. The molecule has 1 aromatic heterocycles. The van der Waals surface area contributed by atoms with Gasteiger partial charge in [-0.2, -0.15) is 5.10 Å². The molecule has 1 aromatic rings. The summed E-state index contributed by atoms with van der Waals surface area (Å²) in [6.07, 6.45) is 3.64. The molecule has 1 aliphatic rings. The summed E-state index contributed by atoms with van der Waals surface area (Å²) in [4.78, 5) is 13.7. The molecule has 1 aliphatic heterocycles. The molecule has 0 radical (unpaired) electrons. The summed E-state index contributed by atoms with van der Waals surface area (Å²) in [5.74, 6) is -0.303. The van der Waals surface area contributed by atoms with E-state index in [-0.39, 0.29) is 11.9 Å². The minimum Gasteiger partial charge on any atom is -0.368 e. The smallest absolute Gasteiger partial charge is 0.239 e. The highest BCUT2D eigenvalue weighted by Crippen LogP contribution is 2.20. The first-order valence-electron chi connectivity index (χ1n) is 5.98. The van der Waals surface area contributed by atoms with E-state index >= 15 is 0 Å². The van der Waals surface area contributed by atoms with Crippen LogP contribution in [0.15, 0.2) is 12.4 Å². The lowest BCUT2D eigenvalue weighted by Crippen LogP contribution is -2.48. The summed E-state index contributed by atoms with van der Waals surface area (Å²) in [6.45, 7) is 6.28. The number of nitrogens with zero attached hydrogens (tertiary/aromatic N) is 3. The highest BCUT2D eigenvalue weighted by Gasteiger charge is 2.27. The molecule has 1 fully saturated rings. The Morgan fingerprint density at radius 2 is 2.29 bits per heavy atom. The summed E-state index contributed by atoms with van der Waals surface area (Å²) in [5, 5.41) is 7.46. The van der Waals surface area contributed by atoms with Crippen LogP contribution in [0.25, 0.3) is 0 Å². The van der Waals surface area contributed by atoms with Gasteiger partial charge in [0.1, 0.15) is 6.04 Å². The lowest BCUT2D eigenvalue weighted by Gasteiger charge is -2.32. The number of nitrogens with one attached hydrogen (secondary N) is 1. The maximum absolute atomic E-state index is 11.6. The van der Waals surface area contributed by atoms with Crippen LogP contribution in [0.5, 0.6) is 0 Å². The summed E-state index contributed by atoms with van der Waals surface area (Å²) in [7, 11) is 0. The van der Waals surface area contributed by atoms with Gasteiger partial charge in [0.15, 0.2) is 0 Å². The van der Waals surface area contributed by atoms with Crippen LogP contribution < -0.4 is 11.1 Å². The molecule has 0 spiro atoms. The SMILES string of the molecule is CCn1cc(C(C(N)=O)N2CCNCC2)cn1. The summed E-state index contributed by atoms with van der Waals surface area (Å²) in [5.41, 5.74) is 6.40. The fraction of sp³-hybridized carbons (Fsp3) is 0.636. The molecule has 2 rings (SSSR count). The van der Waals surface area contributed by atoms with Crippen LogP contribution in [0, 0.1) is 0 Å². The van der Waals surface area contributed by atoms with Crippen molar-refractivity contribution in [2.24, 2.45) is 5.73 Å². The van der Waals surface area contributed by atoms with Crippen molar-refractivity contribution >= 4 is 5.91 Å². The van der Waals surface area contributed by atoms with Gasteiger partial charge in [-0.3, -0.25) is 14.4 Å². The van der Waals surface area contributed by atoms with E-state index in [1.54, 1.807) is 6.20 Å². The Bertz CT molecular complexity index is 383. The molecule has 1 unspecified atom stereocenters. The zero-order chi connectivity index (χ0) is 12.3. The van der Waals surface area contributed by atoms with Crippen LogP contribution in [0.2, 0.25) is 0 Å². The second kappa shape index (κ2) is 5.29. The predicted octanol–water partition coefficient (Wildman–Crippen LogP) is -0.665. The van der Waals surface area contributed by atoms with Gasteiger partial charge in [-0.25, -0.2) is 0 Å². The van der Waals surface area contributed by atoms with Crippen molar-refractivity contribution in [3.05, 3.63) is 18.0 Å². The van der Waals surface area contributed by atoms with Gasteiger partial charge < -0.3 is 11.1 Å². The third-order valence-corrected chi connectivity index (χ3v) is 3.08. The Balaban J connectivity index is 2.18. The average molecular weight is 237 g/mol. The second-order valence-corrected chi connectivity index (χ2v) is 4.22. The van der Waals surface area contributed by atoms with Crippen molar-refractivity contribution in [1.82, 2.24) is 20.0 Å². The van der Waals surface area contributed by atoms with Gasteiger partial charge >= 0.3 is 0 Å². The van der Waals surface area contributed by atoms with Crippen molar-refractivity contribution in [1.29, 1.82) is 0 Å². The van der Waals surface area contributed by atoms with Crippen LogP contribution in [0.3, 0.4) is 0 Å². The molecule has 1 saturated heterocycles. The van der Waals surface area contributed by atoms with E-state index in [9.17, 15) is 4.79 Å². The zero-order valence-corrected chi connectivity index (χ0v) is 10.1. The second-order valence-electron chi connectivity index (χ2n) is 4.22. The minimum absolute atomic E-state index is 0.303. The fourth-order valence-corrected chi connectivity index (χ4v) is 2.19. The topological polar surface area (TPSA) is 76.2 Å². The molecule has 6 heteroatoms. The number of hydrogen-bond donors (Lipinski definition) is 2. The third kappa shape index (κ3) is 2.65. The molecule has 0 saturated carbocycles. The lowest BCUT2D eigenvalue weighted by atomic mass is 10.1. The van der Waals surface area contributed by atoms with Gasteiger partial charge in [0.2, 0.25) is 5.91 Å². The number of rotatable bonds is 4. The first-order valence-corrected chi connectivity index (χ1v) is 5.98. The van der Waals surface area contributed by atoms with E-state index in [0.29, 0.717) is 0 Å². The number of piperazine rings is 1. The van der Waals surface area contributed by atoms with Crippen LogP contribution in [0.4, 0.5) is 0 Å². The number of aryl methyl sites for hydroxylation is 1. The number of carbonyl (C=O) groups is 1. The van der Waals surface area contributed by atoms with Gasteiger partial charge in [0.25, 0.3) is 0 Å². The van der Waals surface area contributed by atoms with Gasteiger partial charge in [0, 0.05) is 44.5 Å². The monoisotopic (exact) mass is 237 g/mol. The summed E-state index contributed by atoms with van der Waals surface area (Å²) in [6, 6.07) is -0.350. The average Bonchev–Trinajstić information content (AvgIpc) is 2.79. The van der Waals surface area contributed by atoms with E-state index < -0.39 is 0 Å². The Kier molecular flexibility index (Phi) is 3.75. The van der Waals surface area contributed by atoms with Crippen LogP contribution in [-0.2, 0) is 11.3 Å². The standard InChI is InChI=1S/C11H19N5O/c1-2-16-8-9(7-14-16)10(11(12)17)15-5-3-13-4-6-15/h7-8,10,13H,2-6H2,1H3,(H2,12,17). The maximum atomic E-state index is 11.6. The molecular formula is C11H19N5O. The van der Waals surface area contributed by atoms with Crippen molar-refractivity contribution in [3.63, 3.8) is 0 Å². The lowest BCUT2D eigenvalue weighted by molar-refractivity contribution is -0.123. The largest absolute Gasteiger partial charge is 0.368 e. The minimum atomic E-state index is -0.350. The van der Waals surface area contributed by atoms with Gasteiger partial charge in [0.05, 0.1) is 6.20 Å². The molecule has 0 aromatic carbocycles. The van der Waals surface area contributed by atoms with Crippen molar-refractivity contribution in [3.8, 4) is 0 Å². The van der Waals surface area contributed by atoms with Crippen molar-refractivity contribution < 1.29 is 4.79 Å². The van der Waals surface area contributed by atoms with Gasteiger partial charge in [-0.1, -0.05) is 0 Å². The number of carbonyl (C=O) groups excluding carboxylic acids is 1. The molecule has 94 valence electrons. The van der Waals surface area contributed by atoms with E-state index in [1.165, 1.54) is 0 Å². The molecule has 1 amide bonds. The molecule has 0 aliphatic carbocycles. The summed E-state index contributed by atoms with van der Waals surface area (Å²) < 4.78 is 1.81. The van der Waals surface area contributed by atoms with Gasteiger partial charge in [-0.05, 0) is 6.92 Å². The molecular weight excluding hydrogens is 218 g/mol. The number of hydrogen-bond acceptors (Lipinski definition) is 4. The van der Waals surface area contributed by atoms with Crippen molar-refractivity contribution in [2.75, 3.05) is 26.2 Å².